The molecule has 0 spiro atoms. The molecule has 0 fully saturated rings. The molecule has 3 N–H and O–H groups in total. The Morgan fingerprint density at radius 3 is 2.48 bits per heavy atom. The molecule has 3 rings (SSSR count). The number of methoxy groups -OCH3 is 1. The zero-order valence-corrected chi connectivity index (χ0v) is 19.0. The SMILES string of the molecule is COc1ccccc1NC(N)=NCc1ccccc1CN(C)Cc1ccco1.I. The maximum absolute atomic E-state index is 6.08. The zero-order valence-electron chi connectivity index (χ0n) is 16.7. The van der Waals surface area contributed by atoms with E-state index in [0.29, 0.717) is 12.5 Å². The van der Waals surface area contributed by atoms with Gasteiger partial charge in [-0.15, -0.1) is 24.0 Å². The third kappa shape index (κ3) is 6.79. The number of nitrogens with two attached hydrogens (primary N) is 1. The van der Waals surface area contributed by atoms with Crippen LogP contribution in [0.2, 0.25) is 0 Å². The Kier molecular flexibility index (Phi) is 9.01. The van der Waals surface area contributed by atoms with Gasteiger partial charge in [-0.3, -0.25) is 4.90 Å². The standard InChI is InChI=1S/C22H26N4O2.HI/c1-26(16-19-10-7-13-28-19)15-18-9-4-3-8-17(18)14-24-22(23)25-20-11-5-6-12-21(20)27-2;/h3-13H,14-16H2,1-2H3,(H3,23,24,25);1H. The van der Waals surface area contributed by atoms with Crippen LogP contribution >= 0.6 is 24.0 Å². The fraction of sp³-hybridized carbons (Fsp3) is 0.227. The van der Waals surface area contributed by atoms with E-state index in [2.05, 4.69) is 34.4 Å². The molecule has 154 valence electrons. The number of anilines is 1. The van der Waals surface area contributed by atoms with Gasteiger partial charge in [-0.2, -0.15) is 0 Å². The van der Waals surface area contributed by atoms with Crippen LogP contribution in [0.4, 0.5) is 5.69 Å². The first-order chi connectivity index (χ1) is 13.7. The van der Waals surface area contributed by atoms with Crippen molar-refractivity contribution in [2.24, 2.45) is 10.7 Å². The monoisotopic (exact) mass is 506 g/mol. The summed E-state index contributed by atoms with van der Waals surface area (Å²) in [6, 6.07) is 19.8. The summed E-state index contributed by atoms with van der Waals surface area (Å²) in [4.78, 5) is 6.71. The van der Waals surface area contributed by atoms with E-state index in [1.807, 2.05) is 48.5 Å². The highest BCUT2D eigenvalue weighted by Crippen LogP contribution is 2.22. The van der Waals surface area contributed by atoms with Gasteiger partial charge in [0.2, 0.25) is 0 Å². The van der Waals surface area contributed by atoms with Crippen LogP contribution in [0.3, 0.4) is 0 Å². The molecule has 0 aliphatic rings. The molecule has 7 heteroatoms. The highest BCUT2D eigenvalue weighted by molar-refractivity contribution is 14.0. The number of ether oxygens (including phenoxy) is 1. The van der Waals surface area contributed by atoms with Gasteiger partial charge in [-0.1, -0.05) is 36.4 Å². The molecule has 0 aliphatic heterocycles. The third-order valence-corrected chi connectivity index (χ3v) is 4.35. The highest BCUT2D eigenvalue weighted by Gasteiger charge is 2.08. The Labute approximate surface area is 188 Å². The Balaban J connectivity index is 0.00000300. The van der Waals surface area contributed by atoms with Gasteiger partial charge in [0.05, 0.1) is 32.1 Å². The predicted octanol–water partition coefficient (Wildman–Crippen LogP) is 4.47. The molecule has 0 radical (unpaired) electrons. The lowest BCUT2D eigenvalue weighted by Gasteiger charge is -2.17. The second-order valence-electron chi connectivity index (χ2n) is 6.55. The van der Waals surface area contributed by atoms with Gasteiger partial charge < -0.3 is 20.2 Å². The second-order valence-corrected chi connectivity index (χ2v) is 6.55. The molecule has 0 unspecified atom stereocenters. The van der Waals surface area contributed by atoms with Crippen molar-refractivity contribution in [2.75, 3.05) is 19.5 Å². The number of para-hydroxylation sites is 2. The van der Waals surface area contributed by atoms with E-state index in [0.717, 1.165) is 35.9 Å². The fourth-order valence-electron chi connectivity index (χ4n) is 2.98. The molecule has 0 bridgehead atoms. The van der Waals surface area contributed by atoms with Gasteiger partial charge in [0.1, 0.15) is 11.5 Å². The van der Waals surface area contributed by atoms with Crippen LogP contribution in [-0.2, 0) is 19.6 Å². The summed E-state index contributed by atoms with van der Waals surface area (Å²) in [6.07, 6.45) is 1.70. The quantitative estimate of drug-likeness (QED) is 0.268. The number of halogens is 1. The Hall–Kier alpha value is -2.52. The van der Waals surface area contributed by atoms with E-state index in [-0.39, 0.29) is 24.0 Å². The minimum atomic E-state index is 0. The number of nitrogens with one attached hydrogen (secondary N) is 1. The van der Waals surface area contributed by atoms with Crippen molar-refractivity contribution in [3.05, 3.63) is 83.8 Å². The molecule has 0 aliphatic carbocycles. The molecule has 3 aromatic rings. The van der Waals surface area contributed by atoms with Crippen LogP contribution in [0.15, 0.2) is 76.3 Å². The number of rotatable bonds is 8. The van der Waals surface area contributed by atoms with Gasteiger partial charge >= 0.3 is 0 Å². The van der Waals surface area contributed by atoms with Crippen molar-refractivity contribution in [3.63, 3.8) is 0 Å². The summed E-state index contributed by atoms with van der Waals surface area (Å²) in [5.74, 6) is 2.02. The van der Waals surface area contributed by atoms with Crippen molar-refractivity contribution in [1.82, 2.24) is 4.90 Å². The number of hydrogen-bond donors (Lipinski definition) is 2. The lowest BCUT2D eigenvalue weighted by Crippen LogP contribution is -2.23. The normalized spacial score (nSPS) is 11.2. The van der Waals surface area contributed by atoms with Crippen LogP contribution in [0.5, 0.6) is 5.75 Å². The summed E-state index contributed by atoms with van der Waals surface area (Å²) >= 11 is 0. The number of hydrogen-bond acceptors (Lipinski definition) is 4. The molecule has 0 saturated heterocycles. The van der Waals surface area contributed by atoms with E-state index in [1.54, 1.807) is 13.4 Å². The maximum Gasteiger partial charge on any atom is 0.193 e. The second kappa shape index (κ2) is 11.5. The summed E-state index contributed by atoms with van der Waals surface area (Å²) in [7, 11) is 3.70. The van der Waals surface area contributed by atoms with E-state index >= 15 is 0 Å². The van der Waals surface area contributed by atoms with E-state index in [9.17, 15) is 0 Å². The lowest BCUT2D eigenvalue weighted by atomic mass is 10.1. The van der Waals surface area contributed by atoms with Gasteiger partial charge in [0.15, 0.2) is 5.96 Å². The van der Waals surface area contributed by atoms with Gasteiger partial charge in [-0.25, -0.2) is 4.99 Å². The number of guanidine groups is 1. The minimum absolute atomic E-state index is 0. The fourth-order valence-corrected chi connectivity index (χ4v) is 2.98. The molecule has 1 aromatic heterocycles. The summed E-state index contributed by atoms with van der Waals surface area (Å²) in [5, 5.41) is 3.10. The van der Waals surface area contributed by atoms with Crippen molar-refractivity contribution < 1.29 is 9.15 Å². The van der Waals surface area contributed by atoms with Crippen molar-refractivity contribution in [3.8, 4) is 5.75 Å². The topological polar surface area (TPSA) is 76.0 Å². The van der Waals surface area contributed by atoms with E-state index in [1.165, 1.54) is 5.56 Å². The first kappa shape index (κ1) is 22.8. The van der Waals surface area contributed by atoms with Gasteiger partial charge in [0, 0.05) is 6.54 Å². The number of aliphatic imine (C=N–C) groups is 1. The number of nitrogens with zero attached hydrogens (tertiary/aromatic N) is 2. The predicted molar refractivity (Wildman–Crippen MR) is 128 cm³/mol. The molecule has 0 amide bonds. The van der Waals surface area contributed by atoms with E-state index in [4.69, 9.17) is 14.9 Å². The number of furan rings is 1. The van der Waals surface area contributed by atoms with Gasteiger partial charge in [-0.05, 0) is 42.4 Å². The molecule has 29 heavy (non-hydrogen) atoms. The molecule has 0 saturated carbocycles. The minimum Gasteiger partial charge on any atom is -0.495 e. The smallest absolute Gasteiger partial charge is 0.193 e. The highest BCUT2D eigenvalue weighted by atomic mass is 127. The average Bonchev–Trinajstić information content (AvgIpc) is 3.20. The summed E-state index contributed by atoms with van der Waals surface area (Å²) < 4.78 is 10.8. The molecule has 6 nitrogen and oxygen atoms in total. The molecule has 1 heterocycles. The largest absolute Gasteiger partial charge is 0.495 e. The van der Waals surface area contributed by atoms with Crippen LogP contribution in [0.1, 0.15) is 16.9 Å². The molecule has 2 aromatic carbocycles. The molecule has 0 atom stereocenters. The van der Waals surface area contributed by atoms with Crippen LogP contribution < -0.4 is 15.8 Å². The van der Waals surface area contributed by atoms with Crippen LogP contribution in [0, 0.1) is 0 Å². The molecular formula is C22H27IN4O2. The third-order valence-electron chi connectivity index (χ3n) is 4.35. The van der Waals surface area contributed by atoms with E-state index < -0.39 is 0 Å². The average molecular weight is 506 g/mol. The molecular weight excluding hydrogens is 479 g/mol. The first-order valence-corrected chi connectivity index (χ1v) is 9.13. The summed E-state index contributed by atoms with van der Waals surface area (Å²) in [5.41, 5.74) is 9.22. The van der Waals surface area contributed by atoms with Crippen molar-refractivity contribution in [1.29, 1.82) is 0 Å². The van der Waals surface area contributed by atoms with Gasteiger partial charge in [0.25, 0.3) is 0 Å². The summed E-state index contributed by atoms with van der Waals surface area (Å²) in [6.45, 7) is 2.05. The van der Waals surface area contributed by atoms with Crippen molar-refractivity contribution >= 4 is 35.6 Å². The zero-order chi connectivity index (χ0) is 19.8. The maximum atomic E-state index is 6.08. The first-order valence-electron chi connectivity index (χ1n) is 9.13. The Morgan fingerprint density at radius 1 is 1.03 bits per heavy atom. The van der Waals surface area contributed by atoms with Crippen molar-refractivity contribution in [2.45, 2.75) is 19.6 Å². The van der Waals surface area contributed by atoms with Crippen LogP contribution in [0.25, 0.3) is 0 Å². The number of benzene rings is 2. The Bertz CT molecular complexity index is 913. The Morgan fingerprint density at radius 2 is 1.76 bits per heavy atom. The van der Waals surface area contributed by atoms with Crippen LogP contribution in [-0.4, -0.2) is 25.0 Å². The lowest BCUT2D eigenvalue weighted by molar-refractivity contribution is 0.287.